The maximum atomic E-state index is 13.4. The first-order valence-electron chi connectivity index (χ1n) is 7.50. The molecule has 9 heteroatoms. The Labute approximate surface area is 143 Å². The number of benzene rings is 1. The maximum Gasteiger partial charge on any atom is 0.314 e. The second kappa shape index (κ2) is 6.96. The largest absolute Gasteiger partial charge is 0.351 e. The molecule has 0 spiro atoms. The fourth-order valence-electron chi connectivity index (χ4n) is 2.60. The summed E-state index contributed by atoms with van der Waals surface area (Å²) >= 11 is 5.96. The van der Waals surface area contributed by atoms with Gasteiger partial charge in [-0.25, -0.2) is 9.18 Å². The van der Waals surface area contributed by atoms with Crippen molar-refractivity contribution in [2.45, 2.75) is 18.9 Å². The first-order chi connectivity index (χ1) is 11.5. The van der Waals surface area contributed by atoms with Crippen molar-refractivity contribution in [3.05, 3.63) is 35.4 Å². The van der Waals surface area contributed by atoms with Crippen molar-refractivity contribution in [3.63, 3.8) is 0 Å². The molecule has 126 valence electrons. The van der Waals surface area contributed by atoms with E-state index in [1.54, 1.807) is 17.0 Å². The molecule has 0 saturated carbocycles. The Bertz CT molecular complexity index is 750. The van der Waals surface area contributed by atoms with Crippen molar-refractivity contribution in [1.29, 1.82) is 0 Å². The number of primary amides is 1. The molecule has 0 aliphatic carbocycles. The third kappa shape index (κ3) is 3.88. The molecular weight excluding hydrogens is 335 g/mol. The van der Waals surface area contributed by atoms with Gasteiger partial charge in [-0.1, -0.05) is 12.1 Å². The minimum atomic E-state index is -0.412. The van der Waals surface area contributed by atoms with Gasteiger partial charge in [0, 0.05) is 24.7 Å². The summed E-state index contributed by atoms with van der Waals surface area (Å²) in [6.45, 7) is 1.14. The molecule has 2 amide bonds. The minimum absolute atomic E-state index is 0.0290. The van der Waals surface area contributed by atoms with Crippen LogP contribution in [0, 0.1) is 5.82 Å². The Hall–Kier alpha value is -2.48. The van der Waals surface area contributed by atoms with Crippen LogP contribution in [0.5, 0.6) is 0 Å². The summed E-state index contributed by atoms with van der Waals surface area (Å²) in [5, 5.41) is 3.22. The van der Waals surface area contributed by atoms with Gasteiger partial charge < -0.3 is 16.0 Å². The molecule has 1 aliphatic heterocycles. The molecule has 0 atom stereocenters. The number of carbonyl (C=O) groups is 1. The predicted molar refractivity (Wildman–Crippen MR) is 88.0 cm³/mol. The van der Waals surface area contributed by atoms with Gasteiger partial charge in [0.05, 0.1) is 0 Å². The Morgan fingerprint density at radius 2 is 2.04 bits per heavy atom. The van der Waals surface area contributed by atoms with Crippen LogP contribution in [0.3, 0.4) is 0 Å². The predicted octanol–water partition coefficient (Wildman–Crippen LogP) is 2.29. The lowest BCUT2D eigenvalue weighted by atomic mass is 10.1. The zero-order valence-corrected chi connectivity index (χ0v) is 13.5. The molecule has 7 nitrogen and oxygen atoms in total. The van der Waals surface area contributed by atoms with Crippen molar-refractivity contribution in [2.24, 2.45) is 5.73 Å². The number of rotatable bonds is 3. The molecule has 1 aliphatic rings. The maximum absolute atomic E-state index is 13.4. The zero-order chi connectivity index (χ0) is 17.1. The van der Waals surface area contributed by atoms with Crippen molar-refractivity contribution < 1.29 is 9.18 Å². The lowest BCUT2D eigenvalue weighted by Gasteiger charge is -2.31. The van der Waals surface area contributed by atoms with E-state index in [2.05, 4.69) is 20.3 Å². The van der Waals surface area contributed by atoms with Gasteiger partial charge in [-0.05, 0) is 36.6 Å². The topological polar surface area (TPSA) is 97.0 Å². The highest BCUT2D eigenvalue weighted by Crippen LogP contribution is 2.20. The third-order valence-corrected chi connectivity index (χ3v) is 4.00. The first-order valence-corrected chi connectivity index (χ1v) is 7.87. The van der Waals surface area contributed by atoms with Crippen molar-refractivity contribution >= 4 is 23.6 Å². The van der Waals surface area contributed by atoms with Gasteiger partial charge in [-0.3, -0.25) is 0 Å². The SMILES string of the molecule is NC(=O)N1CCC(Nc2nc(Cl)nc(-c3cccc(F)c3)n2)CC1. The van der Waals surface area contributed by atoms with Gasteiger partial charge >= 0.3 is 6.03 Å². The fourth-order valence-corrected chi connectivity index (χ4v) is 2.76. The summed E-state index contributed by atoms with van der Waals surface area (Å²) in [5.74, 6) is 0.246. The average Bonchev–Trinajstić information content (AvgIpc) is 2.55. The average molecular weight is 351 g/mol. The number of amides is 2. The number of aromatic nitrogens is 3. The number of likely N-dealkylation sites (tertiary alicyclic amines) is 1. The third-order valence-electron chi connectivity index (χ3n) is 3.83. The second-order valence-corrected chi connectivity index (χ2v) is 5.84. The second-order valence-electron chi connectivity index (χ2n) is 5.51. The van der Waals surface area contributed by atoms with E-state index in [0.29, 0.717) is 30.4 Å². The van der Waals surface area contributed by atoms with Crippen LogP contribution in [0.25, 0.3) is 11.4 Å². The number of nitrogens with two attached hydrogens (primary N) is 1. The van der Waals surface area contributed by atoms with E-state index in [4.69, 9.17) is 17.3 Å². The lowest BCUT2D eigenvalue weighted by Crippen LogP contribution is -2.44. The quantitative estimate of drug-likeness (QED) is 0.885. The van der Waals surface area contributed by atoms with E-state index in [1.807, 2.05) is 0 Å². The Morgan fingerprint density at radius 3 is 2.71 bits per heavy atom. The number of anilines is 1. The molecule has 3 N–H and O–H groups in total. The highest BCUT2D eigenvalue weighted by atomic mass is 35.5. The van der Waals surface area contributed by atoms with Gasteiger partial charge in [-0.15, -0.1) is 0 Å². The van der Waals surface area contributed by atoms with E-state index in [0.717, 1.165) is 12.8 Å². The number of hydrogen-bond donors (Lipinski definition) is 2. The number of urea groups is 1. The van der Waals surface area contributed by atoms with Gasteiger partial charge in [0.15, 0.2) is 5.82 Å². The summed E-state index contributed by atoms with van der Waals surface area (Å²) in [6.07, 6.45) is 1.45. The number of carbonyl (C=O) groups excluding carboxylic acids is 1. The summed E-state index contributed by atoms with van der Waals surface area (Å²) in [6, 6.07) is 5.64. The standard InChI is InChI=1S/C15H16ClFN6O/c16-13-20-12(9-2-1-3-10(17)8-9)21-15(22-13)19-11-4-6-23(7-5-11)14(18)24/h1-3,8,11H,4-7H2,(H2,18,24)(H,19,20,21,22). The number of piperidine rings is 1. The summed E-state index contributed by atoms with van der Waals surface area (Å²) in [4.78, 5) is 25.1. The van der Waals surface area contributed by atoms with Gasteiger partial charge in [-0.2, -0.15) is 15.0 Å². The molecule has 0 radical (unpaired) electrons. The van der Waals surface area contributed by atoms with Crippen LogP contribution in [-0.4, -0.2) is 45.0 Å². The van der Waals surface area contributed by atoms with Gasteiger partial charge in [0.25, 0.3) is 0 Å². The normalized spacial score (nSPS) is 15.3. The molecule has 1 aromatic carbocycles. The minimum Gasteiger partial charge on any atom is -0.351 e. The summed E-state index contributed by atoms with van der Waals surface area (Å²) < 4.78 is 13.4. The van der Waals surface area contributed by atoms with Crippen LogP contribution < -0.4 is 11.1 Å². The zero-order valence-electron chi connectivity index (χ0n) is 12.7. The summed E-state index contributed by atoms with van der Waals surface area (Å²) in [5.41, 5.74) is 5.79. The van der Waals surface area contributed by atoms with Crippen LogP contribution >= 0.6 is 11.6 Å². The molecular formula is C15H16ClFN6O. The monoisotopic (exact) mass is 350 g/mol. The number of nitrogens with zero attached hydrogens (tertiary/aromatic N) is 4. The van der Waals surface area contributed by atoms with Crippen LogP contribution in [0.4, 0.5) is 15.1 Å². The first kappa shape index (κ1) is 16.4. The Morgan fingerprint density at radius 1 is 1.29 bits per heavy atom. The van der Waals surface area contributed by atoms with Gasteiger partial charge in [0.1, 0.15) is 5.82 Å². The molecule has 3 rings (SSSR count). The highest BCUT2D eigenvalue weighted by molar-refractivity contribution is 6.28. The molecule has 1 aromatic heterocycles. The molecule has 2 aromatic rings. The van der Waals surface area contributed by atoms with Gasteiger partial charge in [0.2, 0.25) is 11.2 Å². The Balaban J connectivity index is 1.74. The summed E-state index contributed by atoms with van der Waals surface area (Å²) in [7, 11) is 0. The van der Waals surface area contributed by atoms with Crippen molar-refractivity contribution in [3.8, 4) is 11.4 Å². The van der Waals surface area contributed by atoms with Crippen LogP contribution in [0.2, 0.25) is 5.28 Å². The molecule has 1 fully saturated rings. The van der Waals surface area contributed by atoms with Crippen molar-refractivity contribution in [1.82, 2.24) is 19.9 Å². The van der Waals surface area contributed by atoms with E-state index >= 15 is 0 Å². The van der Waals surface area contributed by atoms with Crippen LogP contribution in [-0.2, 0) is 0 Å². The van der Waals surface area contributed by atoms with E-state index in [1.165, 1.54) is 12.1 Å². The van der Waals surface area contributed by atoms with Crippen LogP contribution in [0.1, 0.15) is 12.8 Å². The highest BCUT2D eigenvalue weighted by Gasteiger charge is 2.22. The molecule has 2 heterocycles. The molecule has 24 heavy (non-hydrogen) atoms. The number of nitrogens with one attached hydrogen (secondary N) is 1. The Kier molecular flexibility index (Phi) is 4.75. The smallest absolute Gasteiger partial charge is 0.314 e. The molecule has 0 bridgehead atoms. The number of halogens is 2. The lowest BCUT2D eigenvalue weighted by molar-refractivity contribution is 0.193. The molecule has 1 saturated heterocycles. The van der Waals surface area contributed by atoms with E-state index < -0.39 is 6.03 Å². The van der Waals surface area contributed by atoms with E-state index in [-0.39, 0.29) is 17.1 Å². The number of hydrogen-bond acceptors (Lipinski definition) is 5. The van der Waals surface area contributed by atoms with Crippen molar-refractivity contribution in [2.75, 3.05) is 18.4 Å². The molecule has 0 unspecified atom stereocenters. The van der Waals surface area contributed by atoms with Crippen LogP contribution in [0.15, 0.2) is 24.3 Å². The fraction of sp³-hybridized carbons (Fsp3) is 0.333. The van der Waals surface area contributed by atoms with E-state index in [9.17, 15) is 9.18 Å².